The average Bonchev–Trinajstić information content (AvgIpc) is 3.46. The van der Waals surface area contributed by atoms with Crippen LogP contribution in [0.1, 0.15) is 27.2 Å². The maximum Gasteiger partial charge on any atom is 0.255 e. The highest BCUT2D eigenvalue weighted by molar-refractivity contribution is 7.12. The lowest BCUT2D eigenvalue weighted by Crippen LogP contribution is -2.30. The van der Waals surface area contributed by atoms with E-state index in [-0.39, 0.29) is 5.91 Å². The number of carbonyl (C=O) groups excluding carboxylic acids is 1. The molecule has 30 heavy (non-hydrogen) atoms. The van der Waals surface area contributed by atoms with E-state index in [0.29, 0.717) is 5.56 Å². The van der Waals surface area contributed by atoms with Gasteiger partial charge in [0.15, 0.2) is 5.13 Å². The molecule has 1 aromatic carbocycles. The third-order valence-corrected chi connectivity index (χ3v) is 6.11. The van der Waals surface area contributed by atoms with Gasteiger partial charge in [0.2, 0.25) is 0 Å². The van der Waals surface area contributed by atoms with Crippen LogP contribution in [0.15, 0.2) is 72.6 Å². The number of rotatable bonds is 5. The average molecular weight is 416 g/mol. The number of fused-ring (bicyclic) bond motifs is 1. The van der Waals surface area contributed by atoms with Gasteiger partial charge in [0.1, 0.15) is 0 Å². The van der Waals surface area contributed by atoms with Crippen LogP contribution < -0.4 is 5.32 Å². The van der Waals surface area contributed by atoms with E-state index in [1.165, 1.54) is 16.8 Å². The molecule has 1 aliphatic rings. The third-order valence-electron chi connectivity index (χ3n) is 5.34. The Hall–Kier alpha value is -3.29. The molecular formula is C23H21N5OS. The normalized spacial score (nSPS) is 13.7. The van der Waals surface area contributed by atoms with Crippen LogP contribution in [0.2, 0.25) is 0 Å². The number of nitrogens with zero attached hydrogens (tertiary/aromatic N) is 4. The van der Waals surface area contributed by atoms with Crippen molar-refractivity contribution < 1.29 is 4.79 Å². The summed E-state index contributed by atoms with van der Waals surface area (Å²) < 4.78 is 2.16. The molecular weight excluding hydrogens is 394 g/mol. The zero-order valence-corrected chi connectivity index (χ0v) is 17.2. The second kappa shape index (κ2) is 8.22. The fourth-order valence-corrected chi connectivity index (χ4v) is 4.49. The van der Waals surface area contributed by atoms with Crippen LogP contribution >= 0.6 is 11.3 Å². The molecule has 0 saturated carbocycles. The number of carbonyl (C=O) groups is 1. The molecule has 0 radical (unpaired) electrons. The zero-order chi connectivity index (χ0) is 20.3. The molecule has 150 valence electrons. The largest absolute Gasteiger partial charge is 0.322 e. The predicted octanol–water partition coefficient (Wildman–Crippen LogP) is 4.14. The lowest BCUT2D eigenvalue weighted by atomic mass is 9.99. The Kier molecular flexibility index (Phi) is 5.13. The first-order chi connectivity index (χ1) is 14.8. The van der Waals surface area contributed by atoms with Crippen molar-refractivity contribution in [2.24, 2.45) is 0 Å². The SMILES string of the molecule is O=C(Nc1ccc2c(c1)CN(Cc1cccn1-c1nccs1)CC2)c1ccncc1. The van der Waals surface area contributed by atoms with Gasteiger partial charge in [-0.3, -0.25) is 19.2 Å². The molecule has 7 heteroatoms. The van der Waals surface area contributed by atoms with E-state index in [4.69, 9.17) is 0 Å². The molecule has 1 amide bonds. The molecule has 1 N–H and O–H groups in total. The Morgan fingerprint density at radius 2 is 2.00 bits per heavy atom. The molecule has 4 aromatic rings. The van der Waals surface area contributed by atoms with Crippen LogP contribution in [0.25, 0.3) is 5.13 Å². The number of thiazole rings is 1. The monoisotopic (exact) mass is 415 g/mol. The van der Waals surface area contributed by atoms with E-state index >= 15 is 0 Å². The van der Waals surface area contributed by atoms with Crippen LogP contribution in [0.5, 0.6) is 0 Å². The van der Waals surface area contributed by atoms with E-state index in [1.807, 2.05) is 17.6 Å². The first-order valence-corrected chi connectivity index (χ1v) is 10.8. The molecule has 3 aromatic heterocycles. The van der Waals surface area contributed by atoms with Gasteiger partial charge >= 0.3 is 0 Å². The molecule has 0 fully saturated rings. The minimum absolute atomic E-state index is 0.119. The summed E-state index contributed by atoms with van der Waals surface area (Å²) >= 11 is 1.64. The van der Waals surface area contributed by atoms with Gasteiger partial charge in [0, 0.05) is 66.7 Å². The van der Waals surface area contributed by atoms with Gasteiger partial charge in [-0.1, -0.05) is 6.07 Å². The van der Waals surface area contributed by atoms with Gasteiger partial charge in [-0.15, -0.1) is 11.3 Å². The topological polar surface area (TPSA) is 63.1 Å². The Morgan fingerprint density at radius 1 is 1.10 bits per heavy atom. The van der Waals surface area contributed by atoms with Crippen molar-refractivity contribution >= 4 is 22.9 Å². The van der Waals surface area contributed by atoms with Gasteiger partial charge in [0.25, 0.3) is 5.91 Å². The van der Waals surface area contributed by atoms with E-state index < -0.39 is 0 Å². The number of anilines is 1. The standard InChI is InChI=1S/C23H21N5OS/c29-22(18-5-8-24-9-6-18)26-20-4-3-17-7-12-27(15-19(17)14-20)16-21-2-1-11-28(21)23-25-10-13-30-23/h1-6,8-11,13-14H,7,12,15-16H2,(H,26,29). The second-order valence-corrected chi connectivity index (χ2v) is 8.19. The lowest BCUT2D eigenvalue weighted by Gasteiger charge is -2.29. The number of nitrogens with one attached hydrogen (secondary N) is 1. The highest BCUT2D eigenvalue weighted by atomic mass is 32.1. The van der Waals surface area contributed by atoms with E-state index in [0.717, 1.165) is 36.9 Å². The van der Waals surface area contributed by atoms with Crippen molar-refractivity contribution in [3.8, 4) is 5.13 Å². The Bertz CT molecular complexity index is 1150. The number of hydrogen-bond donors (Lipinski definition) is 1. The molecule has 0 aliphatic carbocycles. The quantitative estimate of drug-likeness (QED) is 0.532. The van der Waals surface area contributed by atoms with Gasteiger partial charge in [0.05, 0.1) is 0 Å². The zero-order valence-electron chi connectivity index (χ0n) is 16.4. The molecule has 0 unspecified atom stereocenters. The number of amides is 1. The maximum absolute atomic E-state index is 12.5. The molecule has 1 aliphatic heterocycles. The van der Waals surface area contributed by atoms with Crippen LogP contribution in [0.4, 0.5) is 5.69 Å². The van der Waals surface area contributed by atoms with Crippen molar-refractivity contribution in [1.82, 2.24) is 19.4 Å². The van der Waals surface area contributed by atoms with Gasteiger partial charge < -0.3 is 5.32 Å². The molecule has 0 bridgehead atoms. The molecule has 0 spiro atoms. The minimum Gasteiger partial charge on any atom is -0.322 e. The summed E-state index contributed by atoms with van der Waals surface area (Å²) in [4.78, 5) is 23.3. The smallest absolute Gasteiger partial charge is 0.255 e. The summed E-state index contributed by atoms with van der Waals surface area (Å²) in [7, 11) is 0. The van der Waals surface area contributed by atoms with Gasteiger partial charge in [-0.25, -0.2) is 4.98 Å². The summed E-state index contributed by atoms with van der Waals surface area (Å²) in [6.45, 7) is 2.73. The van der Waals surface area contributed by atoms with Crippen LogP contribution in [-0.2, 0) is 19.5 Å². The maximum atomic E-state index is 12.5. The number of hydrogen-bond acceptors (Lipinski definition) is 5. The summed E-state index contributed by atoms with van der Waals surface area (Å²) in [6, 6.07) is 13.9. The second-order valence-electron chi connectivity index (χ2n) is 7.32. The molecule has 6 nitrogen and oxygen atoms in total. The predicted molar refractivity (Wildman–Crippen MR) is 118 cm³/mol. The molecule has 5 rings (SSSR count). The van der Waals surface area contributed by atoms with Crippen molar-refractivity contribution in [2.45, 2.75) is 19.5 Å². The van der Waals surface area contributed by atoms with Crippen molar-refractivity contribution in [2.75, 3.05) is 11.9 Å². The van der Waals surface area contributed by atoms with Gasteiger partial charge in [-0.2, -0.15) is 0 Å². The first kappa shape index (κ1) is 18.7. The molecule has 0 atom stereocenters. The summed E-state index contributed by atoms with van der Waals surface area (Å²) in [5.74, 6) is -0.119. The highest BCUT2D eigenvalue weighted by Crippen LogP contribution is 2.25. The fourth-order valence-electron chi connectivity index (χ4n) is 3.83. The Labute approximate surface area is 178 Å². The fraction of sp³-hybridized carbons (Fsp3) is 0.174. The number of aromatic nitrogens is 3. The van der Waals surface area contributed by atoms with E-state index in [9.17, 15) is 4.79 Å². The van der Waals surface area contributed by atoms with Crippen LogP contribution in [0.3, 0.4) is 0 Å². The van der Waals surface area contributed by atoms with Gasteiger partial charge in [-0.05, 0) is 53.9 Å². The summed E-state index contributed by atoms with van der Waals surface area (Å²) in [5, 5.41) is 5.99. The van der Waals surface area contributed by atoms with Crippen LogP contribution in [0, 0.1) is 0 Å². The molecule has 0 saturated heterocycles. The number of benzene rings is 1. The molecule has 4 heterocycles. The van der Waals surface area contributed by atoms with Crippen molar-refractivity contribution in [1.29, 1.82) is 0 Å². The minimum atomic E-state index is -0.119. The third kappa shape index (κ3) is 3.90. The van der Waals surface area contributed by atoms with Crippen molar-refractivity contribution in [3.63, 3.8) is 0 Å². The summed E-state index contributed by atoms with van der Waals surface area (Å²) in [5.41, 5.74) is 5.27. The summed E-state index contributed by atoms with van der Waals surface area (Å²) in [6.07, 6.45) is 8.16. The number of pyridine rings is 1. The highest BCUT2D eigenvalue weighted by Gasteiger charge is 2.19. The van der Waals surface area contributed by atoms with Crippen molar-refractivity contribution in [3.05, 3.63) is 95.0 Å². The van der Waals surface area contributed by atoms with E-state index in [2.05, 4.69) is 55.2 Å². The van der Waals surface area contributed by atoms with E-state index in [1.54, 1.807) is 35.9 Å². The van der Waals surface area contributed by atoms with Crippen LogP contribution in [-0.4, -0.2) is 31.9 Å². The Balaban J connectivity index is 1.30. The Morgan fingerprint density at radius 3 is 2.83 bits per heavy atom. The lowest BCUT2D eigenvalue weighted by molar-refractivity contribution is 0.102. The first-order valence-electron chi connectivity index (χ1n) is 9.88.